The second-order valence-electron chi connectivity index (χ2n) is 3.51. The van der Waals surface area contributed by atoms with Gasteiger partial charge in [0, 0.05) is 17.4 Å². The smallest absolute Gasteiger partial charge is 0.340 e. The summed E-state index contributed by atoms with van der Waals surface area (Å²) in [5.41, 5.74) is 5.38. The lowest BCUT2D eigenvalue weighted by Crippen LogP contribution is -2.10. The second-order valence-corrected chi connectivity index (χ2v) is 4.45. The second kappa shape index (κ2) is 4.17. The van der Waals surface area contributed by atoms with Crippen LogP contribution in [0, 0.1) is 5.82 Å². The predicted molar refractivity (Wildman–Crippen MR) is 62.1 cm³/mol. The van der Waals surface area contributed by atoms with Gasteiger partial charge in [0.1, 0.15) is 11.4 Å². The number of carboxylic acid groups (broad SMARTS) is 1. The van der Waals surface area contributed by atoms with Crippen molar-refractivity contribution in [3.8, 4) is 0 Å². The van der Waals surface area contributed by atoms with E-state index in [0.717, 1.165) is 5.75 Å². The van der Waals surface area contributed by atoms with E-state index in [-0.39, 0.29) is 11.6 Å². The van der Waals surface area contributed by atoms with Gasteiger partial charge in [0.15, 0.2) is 0 Å². The fraction of sp³-hybridized carbons (Fsp3) is 0.182. The molecule has 1 heterocycles. The summed E-state index contributed by atoms with van der Waals surface area (Å²) in [7, 11) is 0. The minimum Gasteiger partial charge on any atom is -0.478 e. The van der Waals surface area contributed by atoms with Crippen LogP contribution < -0.4 is 5.73 Å². The first-order valence-corrected chi connectivity index (χ1v) is 5.75. The number of halogens is 1. The zero-order valence-corrected chi connectivity index (χ0v) is 9.13. The predicted octanol–water partition coefficient (Wildman–Crippen LogP) is 2.45. The molecule has 0 radical (unpaired) electrons. The molecular formula is C11H10FNO2S. The molecule has 3 N–H and O–H groups in total. The molecule has 16 heavy (non-hydrogen) atoms. The zero-order valence-electron chi connectivity index (χ0n) is 8.31. The van der Waals surface area contributed by atoms with Crippen LogP contribution in [0.25, 0.3) is 0 Å². The average molecular weight is 239 g/mol. The van der Waals surface area contributed by atoms with E-state index in [9.17, 15) is 9.18 Å². The third kappa shape index (κ3) is 1.78. The van der Waals surface area contributed by atoms with Crippen molar-refractivity contribution in [1.29, 1.82) is 0 Å². The first-order chi connectivity index (χ1) is 7.61. The SMILES string of the molecule is Nc1ccc(C2C=CSC2)c(F)c1C(=O)O. The Bertz CT molecular complexity index is 473. The summed E-state index contributed by atoms with van der Waals surface area (Å²) in [4.78, 5) is 10.9. The van der Waals surface area contributed by atoms with E-state index in [0.29, 0.717) is 5.56 Å². The molecule has 1 atom stereocenters. The molecule has 1 aromatic rings. The molecular weight excluding hydrogens is 229 g/mol. The first kappa shape index (κ1) is 11.0. The highest BCUT2D eigenvalue weighted by Crippen LogP contribution is 2.33. The summed E-state index contributed by atoms with van der Waals surface area (Å²) in [5, 5.41) is 10.8. The van der Waals surface area contributed by atoms with Crippen LogP contribution in [0.3, 0.4) is 0 Å². The molecule has 5 heteroatoms. The van der Waals surface area contributed by atoms with Gasteiger partial charge in [-0.05, 0) is 17.0 Å². The average Bonchev–Trinajstić information content (AvgIpc) is 2.70. The number of hydrogen-bond acceptors (Lipinski definition) is 3. The minimum atomic E-state index is -1.33. The number of thioether (sulfide) groups is 1. The Morgan fingerprint density at radius 2 is 2.31 bits per heavy atom. The van der Waals surface area contributed by atoms with Crippen LogP contribution in [0.2, 0.25) is 0 Å². The summed E-state index contributed by atoms with van der Waals surface area (Å²) >= 11 is 1.58. The molecule has 3 nitrogen and oxygen atoms in total. The number of hydrogen-bond donors (Lipinski definition) is 2. The van der Waals surface area contributed by atoms with Gasteiger partial charge in [0.2, 0.25) is 0 Å². The molecule has 2 rings (SSSR count). The Kier molecular flexibility index (Phi) is 2.87. The maximum absolute atomic E-state index is 13.9. The number of carboxylic acids is 1. The van der Waals surface area contributed by atoms with Crippen LogP contribution in [-0.2, 0) is 0 Å². The van der Waals surface area contributed by atoms with Gasteiger partial charge in [-0.2, -0.15) is 0 Å². The molecule has 0 aliphatic carbocycles. The fourth-order valence-corrected chi connectivity index (χ4v) is 2.58. The lowest BCUT2D eigenvalue weighted by Gasteiger charge is -2.12. The largest absolute Gasteiger partial charge is 0.478 e. The number of nitrogen functional groups attached to an aromatic ring is 1. The van der Waals surface area contributed by atoms with Crippen LogP contribution >= 0.6 is 11.8 Å². The van der Waals surface area contributed by atoms with Crippen LogP contribution in [0.4, 0.5) is 10.1 Å². The number of aromatic carboxylic acids is 1. The topological polar surface area (TPSA) is 63.3 Å². The number of allylic oxidation sites excluding steroid dienone is 1. The molecule has 0 amide bonds. The summed E-state index contributed by atoms with van der Waals surface area (Å²) in [6.45, 7) is 0. The van der Waals surface area contributed by atoms with Gasteiger partial charge in [-0.1, -0.05) is 12.1 Å². The van der Waals surface area contributed by atoms with E-state index >= 15 is 0 Å². The molecule has 84 valence electrons. The molecule has 0 saturated heterocycles. The molecule has 1 aromatic carbocycles. The van der Waals surface area contributed by atoms with Crippen molar-refractivity contribution >= 4 is 23.4 Å². The van der Waals surface area contributed by atoms with Crippen molar-refractivity contribution in [2.75, 3.05) is 11.5 Å². The fourth-order valence-electron chi connectivity index (χ4n) is 1.67. The highest BCUT2D eigenvalue weighted by molar-refractivity contribution is 8.02. The van der Waals surface area contributed by atoms with Crippen LogP contribution in [-0.4, -0.2) is 16.8 Å². The van der Waals surface area contributed by atoms with E-state index in [4.69, 9.17) is 10.8 Å². The van der Waals surface area contributed by atoms with Crippen molar-refractivity contribution in [2.45, 2.75) is 5.92 Å². The highest BCUT2D eigenvalue weighted by Gasteiger charge is 2.23. The number of nitrogens with two attached hydrogens (primary N) is 1. The van der Waals surface area contributed by atoms with Gasteiger partial charge >= 0.3 is 5.97 Å². The summed E-state index contributed by atoms with van der Waals surface area (Å²) in [6.07, 6.45) is 1.87. The number of carbonyl (C=O) groups is 1. The summed E-state index contributed by atoms with van der Waals surface area (Å²) in [6, 6.07) is 3.00. The van der Waals surface area contributed by atoms with E-state index in [1.807, 2.05) is 11.5 Å². The quantitative estimate of drug-likeness (QED) is 0.778. The molecule has 1 aliphatic rings. The van der Waals surface area contributed by atoms with Gasteiger partial charge in [-0.3, -0.25) is 0 Å². The van der Waals surface area contributed by atoms with Crippen LogP contribution in [0.1, 0.15) is 21.8 Å². The van der Waals surface area contributed by atoms with Gasteiger partial charge in [0.05, 0.1) is 0 Å². The molecule has 0 fully saturated rings. The van der Waals surface area contributed by atoms with E-state index in [2.05, 4.69) is 0 Å². The van der Waals surface area contributed by atoms with Crippen molar-refractivity contribution in [3.05, 3.63) is 40.6 Å². The monoisotopic (exact) mass is 239 g/mol. The molecule has 0 spiro atoms. The molecule has 0 aromatic heterocycles. The van der Waals surface area contributed by atoms with Crippen molar-refractivity contribution in [2.24, 2.45) is 0 Å². The van der Waals surface area contributed by atoms with Gasteiger partial charge < -0.3 is 10.8 Å². The summed E-state index contributed by atoms with van der Waals surface area (Å²) < 4.78 is 13.9. The third-order valence-electron chi connectivity index (χ3n) is 2.50. The maximum Gasteiger partial charge on any atom is 0.340 e. The minimum absolute atomic E-state index is 0.0385. The number of rotatable bonds is 2. The lowest BCUT2D eigenvalue weighted by molar-refractivity contribution is 0.0693. The van der Waals surface area contributed by atoms with E-state index in [1.165, 1.54) is 6.07 Å². The van der Waals surface area contributed by atoms with E-state index < -0.39 is 17.3 Å². The van der Waals surface area contributed by atoms with Gasteiger partial charge in [0.25, 0.3) is 0 Å². The third-order valence-corrected chi connectivity index (χ3v) is 3.40. The number of anilines is 1. The lowest BCUT2D eigenvalue weighted by atomic mass is 9.97. The van der Waals surface area contributed by atoms with Gasteiger partial charge in [-0.25, -0.2) is 9.18 Å². The van der Waals surface area contributed by atoms with Crippen molar-refractivity contribution in [1.82, 2.24) is 0 Å². The zero-order chi connectivity index (χ0) is 11.7. The standard InChI is InChI=1S/C11H10FNO2S/c12-10-7(6-3-4-16-5-6)1-2-8(13)9(10)11(14)15/h1-4,6H,5,13H2,(H,14,15). The Hall–Kier alpha value is -1.49. The van der Waals surface area contributed by atoms with E-state index in [1.54, 1.807) is 17.8 Å². The number of benzene rings is 1. The van der Waals surface area contributed by atoms with Crippen LogP contribution in [0.15, 0.2) is 23.6 Å². The summed E-state index contributed by atoms with van der Waals surface area (Å²) in [5.74, 6) is -1.38. The Labute approximate surface area is 96.1 Å². The maximum atomic E-state index is 13.9. The van der Waals surface area contributed by atoms with Gasteiger partial charge in [-0.15, -0.1) is 11.8 Å². The van der Waals surface area contributed by atoms with Crippen molar-refractivity contribution in [3.63, 3.8) is 0 Å². The normalized spacial score (nSPS) is 18.9. The molecule has 0 bridgehead atoms. The van der Waals surface area contributed by atoms with Crippen LogP contribution in [0.5, 0.6) is 0 Å². The van der Waals surface area contributed by atoms with Crippen molar-refractivity contribution < 1.29 is 14.3 Å². The molecule has 1 aliphatic heterocycles. The molecule has 0 saturated carbocycles. The first-order valence-electron chi connectivity index (χ1n) is 4.70. The Morgan fingerprint density at radius 1 is 1.56 bits per heavy atom. The molecule has 1 unspecified atom stereocenters. The highest BCUT2D eigenvalue weighted by atomic mass is 32.2. The Morgan fingerprint density at radius 3 is 2.88 bits per heavy atom. The Balaban J connectivity index is 2.51.